The lowest BCUT2D eigenvalue weighted by Crippen LogP contribution is -2.48. The number of nitrogens with zero attached hydrogens (tertiary/aromatic N) is 1. The number of anilines is 1. The lowest BCUT2D eigenvalue weighted by atomic mass is 9.85. The normalized spacial score (nSPS) is 19.7. The van der Waals surface area contributed by atoms with Crippen LogP contribution in [0.2, 0.25) is 0 Å². The molecule has 3 atom stereocenters. The molecule has 0 saturated carbocycles. The number of hydrogen-bond acceptors (Lipinski definition) is 6. The molecule has 2 aromatic rings. The number of fused-ring (bicyclic) bond motifs is 1. The molecule has 1 aliphatic heterocycles. The van der Waals surface area contributed by atoms with Crippen LogP contribution in [0.4, 0.5) is 5.69 Å². The van der Waals surface area contributed by atoms with E-state index >= 15 is 0 Å². The minimum atomic E-state index is -1.14. The van der Waals surface area contributed by atoms with Crippen molar-refractivity contribution in [3.8, 4) is 5.75 Å². The maximum atomic E-state index is 13.1. The van der Waals surface area contributed by atoms with Crippen molar-refractivity contribution in [2.45, 2.75) is 32.2 Å². The zero-order chi connectivity index (χ0) is 24.8. The van der Waals surface area contributed by atoms with Gasteiger partial charge in [0, 0.05) is 12.1 Å². The first-order valence-electron chi connectivity index (χ1n) is 11.7. The van der Waals surface area contributed by atoms with Gasteiger partial charge in [0.25, 0.3) is 5.91 Å². The summed E-state index contributed by atoms with van der Waals surface area (Å²) >= 11 is 0. The highest BCUT2D eigenvalue weighted by atomic mass is 16.5. The number of rotatable bonds is 9. The van der Waals surface area contributed by atoms with Crippen molar-refractivity contribution in [2.24, 2.45) is 11.8 Å². The minimum Gasteiger partial charge on any atom is -0.494 e. The van der Waals surface area contributed by atoms with E-state index in [4.69, 9.17) is 9.47 Å². The lowest BCUT2D eigenvalue weighted by Gasteiger charge is -2.25. The van der Waals surface area contributed by atoms with E-state index in [1.165, 1.54) is 0 Å². The molecule has 8 heteroatoms. The molecule has 0 radical (unpaired) electrons. The zero-order valence-corrected chi connectivity index (χ0v) is 19.5. The molecule has 182 valence electrons. The Bertz CT molecular complexity index is 1090. The molecule has 3 amide bonds. The lowest BCUT2D eigenvalue weighted by molar-refractivity contribution is -0.159. The Balaban J connectivity index is 1.44. The Labute approximate surface area is 203 Å². The largest absolute Gasteiger partial charge is 0.494 e. The van der Waals surface area contributed by atoms with E-state index < -0.39 is 36.4 Å². The Morgan fingerprint density at radius 2 is 1.60 bits per heavy atom. The van der Waals surface area contributed by atoms with Crippen LogP contribution in [0.3, 0.4) is 0 Å². The summed E-state index contributed by atoms with van der Waals surface area (Å²) in [5, 5.41) is 2.66. The molecule has 0 bridgehead atoms. The third-order valence-electron chi connectivity index (χ3n) is 6.19. The van der Waals surface area contributed by atoms with Gasteiger partial charge in [-0.1, -0.05) is 42.5 Å². The van der Waals surface area contributed by atoms with Gasteiger partial charge in [0.1, 0.15) is 11.8 Å². The van der Waals surface area contributed by atoms with Crippen LogP contribution in [0.5, 0.6) is 5.75 Å². The van der Waals surface area contributed by atoms with Crippen molar-refractivity contribution < 1.29 is 28.7 Å². The van der Waals surface area contributed by atoms with Crippen molar-refractivity contribution >= 4 is 29.4 Å². The molecule has 2 aromatic carbocycles. The molecule has 8 nitrogen and oxygen atoms in total. The van der Waals surface area contributed by atoms with Crippen LogP contribution in [-0.4, -0.2) is 47.8 Å². The average molecular weight is 477 g/mol. The fourth-order valence-corrected chi connectivity index (χ4v) is 4.48. The Kier molecular flexibility index (Phi) is 7.60. The fraction of sp³-hybridized carbons (Fsp3) is 0.333. The van der Waals surface area contributed by atoms with Crippen LogP contribution in [0.1, 0.15) is 25.3 Å². The first kappa shape index (κ1) is 24.2. The summed E-state index contributed by atoms with van der Waals surface area (Å²) in [5.41, 5.74) is 1.30. The number of esters is 1. The Morgan fingerprint density at radius 1 is 0.971 bits per heavy atom. The van der Waals surface area contributed by atoms with Gasteiger partial charge in [-0.25, -0.2) is 4.79 Å². The smallest absolute Gasteiger partial charge is 0.330 e. The number of likely N-dealkylation sites (tertiary alicyclic amines) is 1. The summed E-state index contributed by atoms with van der Waals surface area (Å²) in [4.78, 5) is 52.8. The van der Waals surface area contributed by atoms with Crippen LogP contribution in [0.15, 0.2) is 66.7 Å². The van der Waals surface area contributed by atoms with Gasteiger partial charge < -0.3 is 14.8 Å². The first-order chi connectivity index (χ1) is 17.0. The molecule has 1 fully saturated rings. The van der Waals surface area contributed by atoms with Crippen molar-refractivity contribution in [3.63, 3.8) is 0 Å². The highest BCUT2D eigenvalue weighted by Gasteiger charge is 2.51. The van der Waals surface area contributed by atoms with E-state index in [1.54, 1.807) is 24.3 Å². The van der Waals surface area contributed by atoms with Gasteiger partial charge in [0.15, 0.2) is 6.61 Å². The summed E-state index contributed by atoms with van der Waals surface area (Å²) in [6.45, 7) is 1.87. The van der Waals surface area contributed by atoms with Crippen LogP contribution >= 0.6 is 0 Å². The topological polar surface area (TPSA) is 102 Å². The number of benzene rings is 2. The van der Waals surface area contributed by atoms with E-state index in [9.17, 15) is 19.2 Å². The van der Waals surface area contributed by atoms with Crippen molar-refractivity contribution in [2.75, 3.05) is 18.5 Å². The molecule has 4 rings (SSSR count). The van der Waals surface area contributed by atoms with E-state index in [-0.39, 0.29) is 18.2 Å². The average Bonchev–Trinajstić information content (AvgIpc) is 3.13. The van der Waals surface area contributed by atoms with E-state index in [1.807, 2.05) is 49.4 Å². The Hall–Kier alpha value is -3.94. The summed E-state index contributed by atoms with van der Waals surface area (Å²) < 4.78 is 10.7. The number of hydrogen-bond donors (Lipinski definition) is 1. The molecule has 35 heavy (non-hydrogen) atoms. The predicted octanol–water partition coefficient (Wildman–Crippen LogP) is 3.13. The molecular weight excluding hydrogens is 448 g/mol. The quantitative estimate of drug-likeness (QED) is 0.339. The molecule has 1 saturated heterocycles. The standard InChI is InChI=1S/C27H28N2O6/c1-2-34-20-14-12-19(13-15-20)28-24(30)17-35-27(33)23(16-18-8-4-3-5-9-18)29-25(31)21-10-6-7-11-22(21)26(29)32/h3-9,12-15,21-23H,2,10-11,16-17H2,1H3,(H,28,30)/t21-,22-,23-/m0/s1. The first-order valence-corrected chi connectivity index (χ1v) is 11.7. The second kappa shape index (κ2) is 11.0. The van der Waals surface area contributed by atoms with E-state index in [2.05, 4.69) is 5.32 Å². The van der Waals surface area contributed by atoms with Gasteiger partial charge in [0.2, 0.25) is 11.8 Å². The summed E-state index contributed by atoms with van der Waals surface area (Å²) in [5.74, 6) is -2.27. The van der Waals surface area contributed by atoms with Gasteiger partial charge >= 0.3 is 5.97 Å². The number of amides is 3. The second-order valence-corrected chi connectivity index (χ2v) is 8.52. The number of imide groups is 1. The van der Waals surface area contributed by atoms with E-state index in [0.29, 0.717) is 30.9 Å². The minimum absolute atomic E-state index is 0.116. The highest BCUT2D eigenvalue weighted by molar-refractivity contribution is 6.08. The zero-order valence-electron chi connectivity index (χ0n) is 19.5. The van der Waals surface area contributed by atoms with Crippen molar-refractivity contribution in [1.29, 1.82) is 0 Å². The summed E-state index contributed by atoms with van der Waals surface area (Å²) in [6, 6.07) is 14.8. The number of carbonyl (C=O) groups excluding carboxylic acids is 4. The number of nitrogens with one attached hydrogen (secondary N) is 1. The SMILES string of the molecule is CCOc1ccc(NC(=O)COC(=O)[C@H](Cc2ccccc2)N2C(=O)[C@H]3CC=CC[C@@H]3C2=O)cc1. The Morgan fingerprint density at radius 3 is 2.20 bits per heavy atom. The third kappa shape index (κ3) is 5.59. The molecule has 0 aromatic heterocycles. The summed E-state index contributed by atoms with van der Waals surface area (Å²) in [7, 11) is 0. The third-order valence-corrected chi connectivity index (χ3v) is 6.19. The fourth-order valence-electron chi connectivity index (χ4n) is 4.48. The monoisotopic (exact) mass is 476 g/mol. The predicted molar refractivity (Wildman–Crippen MR) is 128 cm³/mol. The van der Waals surface area contributed by atoms with Gasteiger partial charge in [-0.2, -0.15) is 0 Å². The molecule has 1 aliphatic carbocycles. The van der Waals surface area contributed by atoms with Gasteiger partial charge in [-0.05, 0) is 49.6 Å². The van der Waals surface area contributed by atoms with Crippen LogP contribution in [-0.2, 0) is 30.3 Å². The molecule has 1 heterocycles. The number of carbonyl (C=O) groups is 4. The van der Waals surface area contributed by atoms with E-state index in [0.717, 1.165) is 10.5 Å². The van der Waals surface area contributed by atoms with Gasteiger partial charge in [-0.15, -0.1) is 0 Å². The molecule has 1 N–H and O–H groups in total. The van der Waals surface area contributed by atoms with Crippen molar-refractivity contribution in [3.05, 3.63) is 72.3 Å². The highest BCUT2D eigenvalue weighted by Crippen LogP contribution is 2.36. The van der Waals surface area contributed by atoms with Crippen LogP contribution in [0.25, 0.3) is 0 Å². The maximum Gasteiger partial charge on any atom is 0.330 e. The van der Waals surface area contributed by atoms with Gasteiger partial charge in [0.05, 0.1) is 18.4 Å². The van der Waals surface area contributed by atoms with Crippen LogP contribution < -0.4 is 10.1 Å². The maximum absolute atomic E-state index is 13.1. The van der Waals surface area contributed by atoms with Crippen molar-refractivity contribution in [1.82, 2.24) is 4.90 Å². The molecule has 2 aliphatic rings. The van der Waals surface area contributed by atoms with Gasteiger partial charge in [-0.3, -0.25) is 19.3 Å². The van der Waals surface area contributed by atoms with Crippen LogP contribution in [0, 0.1) is 11.8 Å². The summed E-state index contributed by atoms with van der Waals surface area (Å²) in [6.07, 6.45) is 4.86. The molecule has 0 unspecified atom stereocenters. The molecular formula is C27H28N2O6. The second-order valence-electron chi connectivity index (χ2n) is 8.52. The number of ether oxygens (including phenoxy) is 2. The number of allylic oxidation sites excluding steroid dienone is 2. The molecule has 0 spiro atoms.